The molecule has 0 bridgehead atoms. The third kappa shape index (κ3) is 2.69. The molecular weight excluding hydrogens is 222 g/mol. The summed E-state index contributed by atoms with van der Waals surface area (Å²) in [7, 11) is 0. The molecule has 88 valence electrons. The van der Waals surface area contributed by atoms with Crippen LogP contribution in [0.5, 0.6) is 5.75 Å². The van der Waals surface area contributed by atoms with Crippen LogP contribution in [0.1, 0.15) is 26.2 Å². The van der Waals surface area contributed by atoms with Crippen molar-refractivity contribution in [3.63, 3.8) is 0 Å². The van der Waals surface area contributed by atoms with Crippen molar-refractivity contribution in [1.82, 2.24) is 0 Å². The first-order chi connectivity index (χ1) is 7.66. The summed E-state index contributed by atoms with van der Waals surface area (Å²) in [4.78, 5) is 0. The summed E-state index contributed by atoms with van der Waals surface area (Å²) in [5.41, 5.74) is 6.15. The Morgan fingerprint density at radius 2 is 2.19 bits per heavy atom. The van der Waals surface area contributed by atoms with E-state index in [1.165, 1.54) is 19.3 Å². The van der Waals surface area contributed by atoms with Crippen molar-refractivity contribution in [2.75, 3.05) is 0 Å². The molecule has 2 atom stereocenters. The molecule has 2 unspecified atom stereocenters. The molecule has 1 fully saturated rings. The van der Waals surface area contributed by atoms with Crippen LogP contribution in [0.2, 0.25) is 5.02 Å². The van der Waals surface area contributed by atoms with Crippen molar-refractivity contribution in [1.29, 1.82) is 0 Å². The lowest BCUT2D eigenvalue weighted by Gasteiger charge is -2.34. The zero-order valence-corrected chi connectivity index (χ0v) is 10.3. The van der Waals surface area contributed by atoms with E-state index in [1.54, 1.807) is 0 Å². The summed E-state index contributed by atoms with van der Waals surface area (Å²) < 4.78 is 5.80. The molecule has 0 spiro atoms. The largest absolute Gasteiger partial charge is 0.489 e. The van der Waals surface area contributed by atoms with Crippen LogP contribution in [0.25, 0.3) is 0 Å². The van der Waals surface area contributed by atoms with E-state index in [9.17, 15) is 0 Å². The molecule has 3 heteroatoms. The van der Waals surface area contributed by atoms with Gasteiger partial charge in [-0.15, -0.1) is 0 Å². The van der Waals surface area contributed by atoms with Crippen molar-refractivity contribution >= 4 is 11.6 Å². The SMILES string of the molecule is CC(Oc1cccc(Cl)c1)C(N)C1CCC1. The van der Waals surface area contributed by atoms with Gasteiger partial charge in [-0.05, 0) is 43.9 Å². The molecule has 0 aromatic heterocycles. The van der Waals surface area contributed by atoms with Crippen molar-refractivity contribution < 1.29 is 4.74 Å². The van der Waals surface area contributed by atoms with Crippen LogP contribution >= 0.6 is 11.6 Å². The fourth-order valence-corrected chi connectivity index (χ4v) is 2.22. The Labute approximate surface area is 102 Å². The molecule has 2 nitrogen and oxygen atoms in total. The Morgan fingerprint density at radius 1 is 1.44 bits per heavy atom. The summed E-state index contributed by atoms with van der Waals surface area (Å²) in [6, 6.07) is 7.60. The second-order valence-electron chi connectivity index (χ2n) is 4.55. The molecule has 1 saturated carbocycles. The van der Waals surface area contributed by atoms with Gasteiger partial charge < -0.3 is 10.5 Å². The molecule has 0 radical (unpaired) electrons. The Balaban J connectivity index is 1.93. The van der Waals surface area contributed by atoms with Gasteiger partial charge in [-0.2, -0.15) is 0 Å². The first-order valence-corrected chi connectivity index (χ1v) is 6.22. The zero-order valence-electron chi connectivity index (χ0n) is 9.53. The lowest BCUT2D eigenvalue weighted by atomic mass is 9.78. The molecule has 16 heavy (non-hydrogen) atoms. The number of rotatable bonds is 4. The minimum absolute atomic E-state index is 0.0452. The highest BCUT2D eigenvalue weighted by Crippen LogP contribution is 2.31. The maximum absolute atomic E-state index is 6.15. The van der Waals surface area contributed by atoms with E-state index < -0.39 is 0 Å². The number of nitrogens with two attached hydrogens (primary N) is 1. The molecule has 1 aliphatic rings. The fraction of sp³-hybridized carbons (Fsp3) is 0.538. The molecule has 0 amide bonds. The average molecular weight is 240 g/mol. The average Bonchev–Trinajstić information content (AvgIpc) is 2.14. The molecule has 1 aromatic rings. The summed E-state index contributed by atoms with van der Waals surface area (Å²) in [6.45, 7) is 2.03. The van der Waals surface area contributed by atoms with E-state index in [0.717, 1.165) is 5.75 Å². The maximum atomic E-state index is 6.15. The molecule has 0 heterocycles. The van der Waals surface area contributed by atoms with Crippen molar-refractivity contribution in [3.8, 4) is 5.75 Å². The van der Waals surface area contributed by atoms with Crippen LogP contribution in [0, 0.1) is 5.92 Å². The van der Waals surface area contributed by atoms with E-state index in [2.05, 4.69) is 0 Å². The van der Waals surface area contributed by atoms with Gasteiger partial charge in [0.1, 0.15) is 11.9 Å². The first kappa shape index (κ1) is 11.7. The highest BCUT2D eigenvalue weighted by molar-refractivity contribution is 6.30. The van der Waals surface area contributed by atoms with Crippen LogP contribution in [0.3, 0.4) is 0 Å². The monoisotopic (exact) mass is 239 g/mol. The molecule has 2 N–H and O–H groups in total. The van der Waals surface area contributed by atoms with E-state index in [-0.39, 0.29) is 12.1 Å². The van der Waals surface area contributed by atoms with Crippen LogP contribution in [-0.4, -0.2) is 12.1 Å². The molecule has 0 aliphatic heterocycles. The van der Waals surface area contributed by atoms with Crippen molar-refractivity contribution in [3.05, 3.63) is 29.3 Å². The van der Waals surface area contributed by atoms with Crippen LogP contribution < -0.4 is 10.5 Å². The van der Waals surface area contributed by atoms with Gasteiger partial charge in [0.05, 0.1) is 0 Å². The Morgan fingerprint density at radius 3 is 2.75 bits per heavy atom. The van der Waals surface area contributed by atoms with E-state index in [0.29, 0.717) is 10.9 Å². The van der Waals surface area contributed by atoms with Crippen molar-refractivity contribution in [2.24, 2.45) is 11.7 Å². The smallest absolute Gasteiger partial charge is 0.121 e. The zero-order chi connectivity index (χ0) is 11.5. The number of halogens is 1. The molecule has 1 aliphatic carbocycles. The lowest BCUT2D eigenvalue weighted by molar-refractivity contribution is 0.123. The van der Waals surface area contributed by atoms with Gasteiger partial charge >= 0.3 is 0 Å². The molecule has 1 aromatic carbocycles. The third-order valence-corrected chi connectivity index (χ3v) is 3.59. The Bertz CT molecular complexity index is 352. The standard InChI is InChI=1S/C13H18ClNO/c1-9(13(15)10-4-2-5-10)16-12-7-3-6-11(14)8-12/h3,6-10,13H,2,4-5,15H2,1H3. The van der Waals surface area contributed by atoms with Gasteiger partial charge in [0.2, 0.25) is 0 Å². The first-order valence-electron chi connectivity index (χ1n) is 5.84. The number of benzene rings is 1. The van der Waals surface area contributed by atoms with Gasteiger partial charge in [0, 0.05) is 11.1 Å². The lowest BCUT2D eigenvalue weighted by Crippen LogP contribution is -2.45. The summed E-state index contributed by atoms with van der Waals surface area (Å²) in [5.74, 6) is 1.43. The quantitative estimate of drug-likeness (QED) is 0.876. The predicted octanol–water partition coefficient (Wildman–Crippen LogP) is 3.23. The predicted molar refractivity (Wildman–Crippen MR) is 66.9 cm³/mol. The van der Waals surface area contributed by atoms with E-state index >= 15 is 0 Å². The second-order valence-corrected chi connectivity index (χ2v) is 4.99. The van der Waals surface area contributed by atoms with E-state index in [1.807, 2.05) is 31.2 Å². The number of hydrogen-bond donors (Lipinski definition) is 1. The molecular formula is C13H18ClNO. The normalized spacial score (nSPS) is 19.9. The highest BCUT2D eigenvalue weighted by Gasteiger charge is 2.29. The number of hydrogen-bond acceptors (Lipinski definition) is 2. The Kier molecular flexibility index (Phi) is 3.72. The fourth-order valence-electron chi connectivity index (χ4n) is 2.04. The van der Waals surface area contributed by atoms with Gasteiger partial charge in [0.25, 0.3) is 0 Å². The third-order valence-electron chi connectivity index (χ3n) is 3.35. The highest BCUT2D eigenvalue weighted by atomic mass is 35.5. The molecule has 2 rings (SSSR count). The number of ether oxygens (including phenoxy) is 1. The summed E-state index contributed by atoms with van der Waals surface area (Å²) >= 11 is 5.90. The van der Waals surface area contributed by atoms with Gasteiger partial charge in [0.15, 0.2) is 0 Å². The summed E-state index contributed by atoms with van der Waals surface area (Å²) in [6.07, 6.45) is 3.83. The van der Waals surface area contributed by atoms with E-state index in [4.69, 9.17) is 22.1 Å². The summed E-state index contributed by atoms with van der Waals surface area (Å²) in [5, 5.41) is 0.696. The Hall–Kier alpha value is -0.730. The van der Waals surface area contributed by atoms with Crippen molar-refractivity contribution in [2.45, 2.75) is 38.3 Å². The van der Waals surface area contributed by atoms with Crippen LogP contribution in [0.15, 0.2) is 24.3 Å². The van der Waals surface area contributed by atoms with Crippen LogP contribution in [-0.2, 0) is 0 Å². The topological polar surface area (TPSA) is 35.2 Å². The molecule has 0 saturated heterocycles. The second kappa shape index (κ2) is 5.07. The van der Waals surface area contributed by atoms with Crippen LogP contribution in [0.4, 0.5) is 0 Å². The minimum atomic E-state index is 0.0452. The van der Waals surface area contributed by atoms with Gasteiger partial charge in [-0.3, -0.25) is 0 Å². The van der Waals surface area contributed by atoms with Gasteiger partial charge in [-0.1, -0.05) is 24.1 Å². The minimum Gasteiger partial charge on any atom is -0.489 e. The van der Waals surface area contributed by atoms with Gasteiger partial charge in [-0.25, -0.2) is 0 Å². The maximum Gasteiger partial charge on any atom is 0.121 e.